The van der Waals surface area contributed by atoms with Crippen LogP contribution in [0.15, 0.2) is 40.0 Å². The third-order valence-corrected chi connectivity index (χ3v) is 5.27. The SMILES string of the molecule is Nc1c(Cl)ccc(S(=O)(=O)Nc2cccnc2Br)c1Cl. The quantitative estimate of drug-likeness (QED) is 0.613. The van der Waals surface area contributed by atoms with Gasteiger partial charge in [-0.2, -0.15) is 0 Å². The Morgan fingerprint density at radius 1 is 1.25 bits per heavy atom. The molecule has 0 bridgehead atoms. The van der Waals surface area contributed by atoms with Crippen molar-refractivity contribution >= 4 is 60.5 Å². The average Bonchev–Trinajstić information content (AvgIpc) is 2.38. The summed E-state index contributed by atoms with van der Waals surface area (Å²) in [6.45, 7) is 0. The first-order valence-corrected chi connectivity index (χ1v) is 8.23. The molecule has 0 radical (unpaired) electrons. The Morgan fingerprint density at radius 3 is 2.60 bits per heavy atom. The minimum atomic E-state index is -3.90. The summed E-state index contributed by atoms with van der Waals surface area (Å²) in [5, 5.41) is 0.0709. The van der Waals surface area contributed by atoms with Gasteiger partial charge in [-0.1, -0.05) is 23.2 Å². The van der Waals surface area contributed by atoms with Crippen molar-refractivity contribution in [2.24, 2.45) is 0 Å². The monoisotopic (exact) mass is 395 g/mol. The van der Waals surface area contributed by atoms with Gasteiger partial charge in [0.15, 0.2) is 0 Å². The van der Waals surface area contributed by atoms with Gasteiger partial charge in [0.25, 0.3) is 10.0 Å². The van der Waals surface area contributed by atoms with Crippen LogP contribution in [0.2, 0.25) is 10.0 Å². The van der Waals surface area contributed by atoms with Crippen molar-refractivity contribution < 1.29 is 8.42 Å². The van der Waals surface area contributed by atoms with E-state index in [9.17, 15) is 8.42 Å². The molecule has 1 aromatic heterocycles. The molecule has 0 aliphatic heterocycles. The van der Waals surface area contributed by atoms with Crippen molar-refractivity contribution in [3.63, 3.8) is 0 Å². The standard InChI is InChI=1S/C11H8BrCl2N3O2S/c12-11-7(2-1-5-16-11)17-20(18,19)8-4-3-6(13)10(15)9(8)14/h1-5,17H,15H2. The van der Waals surface area contributed by atoms with E-state index >= 15 is 0 Å². The van der Waals surface area contributed by atoms with E-state index in [0.717, 1.165) is 0 Å². The number of rotatable bonds is 3. The number of nitrogen functional groups attached to an aromatic ring is 1. The second-order valence-corrected chi connectivity index (χ2v) is 6.91. The van der Waals surface area contributed by atoms with E-state index in [1.54, 1.807) is 12.1 Å². The third kappa shape index (κ3) is 3.01. The highest BCUT2D eigenvalue weighted by atomic mass is 79.9. The molecule has 0 fully saturated rings. The van der Waals surface area contributed by atoms with E-state index in [4.69, 9.17) is 28.9 Å². The summed E-state index contributed by atoms with van der Waals surface area (Å²) < 4.78 is 27.3. The maximum Gasteiger partial charge on any atom is 0.263 e. The summed E-state index contributed by atoms with van der Waals surface area (Å²) >= 11 is 14.9. The Labute approximate surface area is 134 Å². The Morgan fingerprint density at radius 2 is 1.95 bits per heavy atom. The first-order chi connectivity index (χ1) is 9.33. The fourth-order valence-corrected chi connectivity index (χ4v) is 3.73. The number of sulfonamides is 1. The predicted molar refractivity (Wildman–Crippen MR) is 83.6 cm³/mol. The van der Waals surface area contributed by atoms with E-state index < -0.39 is 10.0 Å². The molecule has 0 atom stereocenters. The Bertz CT molecular complexity index is 768. The molecule has 0 unspecified atom stereocenters. The molecule has 106 valence electrons. The Kier molecular flexibility index (Phi) is 4.43. The number of nitrogens with zero attached hydrogens (tertiary/aromatic N) is 1. The zero-order chi connectivity index (χ0) is 14.9. The van der Waals surface area contributed by atoms with Crippen LogP contribution >= 0.6 is 39.1 Å². The summed E-state index contributed by atoms with van der Waals surface area (Å²) in [5.74, 6) is 0. The van der Waals surface area contributed by atoms with Gasteiger partial charge >= 0.3 is 0 Å². The van der Waals surface area contributed by atoms with Crippen LogP contribution in [0.25, 0.3) is 0 Å². The molecule has 1 heterocycles. The maximum atomic E-state index is 12.3. The molecule has 0 aliphatic rings. The van der Waals surface area contributed by atoms with Crippen LogP contribution in [0, 0.1) is 0 Å². The van der Waals surface area contributed by atoms with Crippen molar-refractivity contribution in [1.82, 2.24) is 4.98 Å². The summed E-state index contributed by atoms with van der Waals surface area (Å²) in [6.07, 6.45) is 1.52. The second-order valence-electron chi connectivity index (χ2n) is 3.72. The van der Waals surface area contributed by atoms with Crippen LogP contribution in [0.5, 0.6) is 0 Å². The van der Waals surface area contributed by atoms with Gasteiger partial charge in [-0.25, -0.2) is 13.4 Å². The molecule has 0 spiro atoms. The zero-order valence-corrected chi connectivity index (χ0v) is 13.7. The number of benzene rings is 1. The van der Waals surface area contributed by atoms with E-state index in [1.165, 1.54) is 18.3 Å². The molecule has 0 aliphatic carbocycles. The van der Waals surface area contributed by atoms with E-state index in [0.29, 0.717) is 4.60 Å². The van der Waals surface area contributed by atoms with Crippen LogP contribution in [0.4, 0.5) is 11.4 Å². The van der Waals surface area contributed by atoms with Crippen LogP contribution in [-0.2, 0) is 10.0 Å². The lowest BCUT2D eigenvalue weighted by Gasteiger charge is -2.12. The highest BCUT2D eigenvalue weighted by Crippen LogP contribution is 2.34. The molecule has 20 heavy (non-hydrogen) atoms. The number of halogens is 3. The number of nitrogens with two attached hydrogens (primary N) is 1. The summed E-state index contributed by atoms with van der Waals surface area (Å²) in [6, 6.07) is 5.81. The largest absolute Gasteiger partial charge is 0.396 e. The molecule has 0 saturated carbocycles. The van der Waals surface area contributed by atoms with Gasteiger partial charge in [0, 0.05) is 6.20 Å². The van der Waals surface area contributed by atoms with Gasteiger partial charge in [-0.3, -0.25) is 4.72 Å². The number of hydrogen-bond donors (Lipinski definition) is 2. The molecule has 2 aromatic rings. The van der Waals surface area contributed by atoms with Crippen molar-refractivity contribution in [2.75, 3.05) is 10.5 Å². The topological polar surface area (TPSA) is 85.1 Å². The number of anilines is 2. The van der Waals surface area contributed by atoms with Crippen LogP contribution in [0.1, 0.15) is 0 Å². The van der Waals surface area contributed by atoms with Gasteiger partial charge in [0.1, 0.15) is 9.50 Å². The lowest BCUT2D eigenvalue weighted by atomic mass is 10.3. The summed E-state index contributed by atoms with van der Waals surface area (Å²) in [4.78, 5) is 3.77. The normalized spacial score (nSPS) is 11.3. The van der Waals surface area contributed by atoms with Crippen LogP contribution < -0.4 is 10.5 Å². The average molecular weight is 397 g/mol. The van der Waals surface area contributed by atoms with E-state index in [-0.39, 0.29) is 26.3 Å². The smallest absolute Gasteiger partial charge is 0.263 e. The first kappa shape index (κ1) is 15.4. The molecular weight excluding hydrogens is 389 g/mol. The lowest BCUT2D eigenvalue weighted by Crippen LogP contribution is -2.14. The molecule has 0 saturated heterocycles. The van der Waals surface area contributed by atoms with Crippen molar-refractivity contribution in [3.8, 4) is 0 Å². The van der Waals surface area contributed by atoms with Crippen molar-refractivity contribution in [1.29, 1.82) is 0 Å². The first-order valence-electron chi connectivity index (χ1n) is 5.20. The zero-order valence-electron chi connectivity index (χ0n) is 9.77. The molecule has 0 amide bonds. The molecule has 2 rings (SSSR count). The highest BCUT2D eigenvalue weighted by molar-refractivity contribution is 9.10. The Hall–Kier alpha value is -1.02. The molecule has 5 nitrogen and oxygen atoms in total. The van der Waals surface area contributed by atoms with Gasteiger partial charge in [0.05, 0.1) is 21.4 Å². The van der Waals surface area contributed by atoms with Gasteiger partial charge in [0.2, 0.25) is 0 Å². The maximum absolute atomic E-state index is 12.3. The minimum Gasteiger partial charge on any atom is -0.396 e. The lowest BCUT2D eigenvalue weighted by molar-refractivity contribution is 0.601. The van der Waals surface area contributed by atoms with Gasteiger partial charge < -0.3 is 5.73 Å². The second kappa shape index (κ2) is 5.77. The predicted octanol–water partition coefficient (Wildman–Crippen LogP) is 3.53. The Balaban J connectivity index is 2.47. The highest BCUT2D eigenvalue weighted by Gasteiger charge is 2.21. The number of nitrogens with one attached hydrogen (secondary N) is 1. The number of pyridine rings is 1. The van der Waals surface area contributed by atoms with Gasteiger partial charge in [-0.05, 0) is 40.2 Å². The molecule has 3 N–H and O–H groups in total. The van der Waals surface area contributed by atoms with Crippen LogP contribution in [-0.4, -0.2) is 13.4 Å². The summed E-state index contributed by atoms with van der Waals surface area (Å²) in [7, 11) is -3.90. The van der Waals surface area contributed by atoms with Crippen molar-refractivity contribution in [3.05, 3.63) is 45.1 Å². The molecular formula is C11H8BrCl2N3O2S. The number of hydrogen-bond acceptors (Lipinski definition) is 4. The minimum absolute atomic E-state index is 0.0152. The van der Waals surface area contributed by atoms with Crippen LogP contribution in [0.3, 0.4) is 0 Å². The molecule has 9 heteroatoms. The van der Waals surface area contributed by atoms with E-state index in [1.807, 2.05) is 0 Å². The van der Waals surface area contributed by atoms with Crippen molar-refractivity contribution in [2.45, 2.75) is 4.90 Å². The van der Waals surface area contributed by atoms with Gasteiger partial charge in [-0.15, -0.1) is 0 Å². The van der Waals surface area contributed by atoms with E-state index in [2.05, 4.69) is 25.6 Å². The number of aromatic nitrogens is 1. The third-order valence-electron chi connectivity index (χ3n) is 2.38. The fraction of sp³-hybridized carbons (Fsp3) is 0. The fourth-order valence-electron chi connectivity index (χ4n) is 1.42. The molecule has 1 aromatic carbocycles. The summed E-state index contributed by atoms with van der Waals surface area (Å²) in [5.41, 5.74) is 5.93.